The summed E-state index contributed by atoms with van der Waals surface area (Å²) in [7, 11) is 0. The highest BCUT2D eigenvalue weighted by molar-refractivity contribution is 5.79. The molecule has 124 valence electrons. The van der Waals surface area contributed by atoms with Crippen LogP contribution in [0.3, 0.4) is 0 Å². The molecule has 0 bridgehead atoms. The first-order valence-corrected chi connectivity index (χ1v) is 8.80. The second kappa shape index (κ2) is 4.96. The summed E-state index contributed by atoms with van der Waals surface area (Å²) >= 11 is 0. The Hall–Kier alpha value is -2.08. The number of nitriles is 1. The highest BCUT2D eigenvalue weighted by Gasteiger charge is 2.61. The molecule has 1 heterocycles. The van der Waals surface area contributed by atoms with E-state index >= 15 is 0 Å². The Morgan fingerprint density at radius 2 is 1.88 bits per heavy atom. The van der Waals surface area contributed by atoms with Crippen molar-refractivity contribution in [2.45, 2.75) is 46.1 Å². The van der Waals surface area contributed by atoms with E-state index in [-0.39, 0.29) is 34.7 Å². The molecule has 0 N–H and O–H groups in total. The lowest BCUT2D eigenvalue weighted by molar-refractivity contribution is -0.143. The van der Waals surface area contributed by atoms with Gasteiger partial charge in [-0.15, -0.1) is 0 Å². The number of nitrogens with zero attached hydrogens (tertiary/aromatic N) is 1. The molecule has 1 aromatic rings. The number of carbonyl (C=O) groups is 1. The minimum Gasteiger partial charge on any atom is -0.457 e. The number of carbonyl (C=O) groups excluding carboxylic acids is 1. The summed E-state index contributed by atoms with van der Waals surface area (Å²) in [6.07, 6.45) is 5.51. The Labute approximate surface area is 143 Å². The smallest absolute Gasteiger partial charge is 0.313 e. The third-order valence-electron chi connectivity index (χ3n) is 6.52. The van der Waals surface area contributed by atoms with Crippen molar-refractivity contribution < 1.29 is 9.53 Å². The molecule has 1 aromatic carbocycles. The number of hydrogen-bond acceptors (Lipinski definition) is 3. The van der Waals surface area contributed by atoms with Crippen molar-refractivity contribution >= 4 is 5.97 Å². The van der Waals surface area contributed by atoms with Crippen molar-refractivity contribution in [1.82, 2.24) is 0 Å². The fourth-order valence-corrected chi connectivity index (χ4v) is 5.42. The summed E-state index contributed by atoms with van der Waals surface area (Å²) in [5.41, 5.74) is 3.28. The van der Waals surface area contributed by atoms with Gasteiger partial charge < -0.3 is 4.74 Å². The quantitative estimate of drug-likeness (QED) is 0.563. The molecule has 0 spiro atoms. The largest absolute Gasteiger partial charge is 0.457 e. The maximum Gasteiger partial charge on any atom is 0.313 e. The first-order valence-electron chi connectivity index (χ1n) is 8.80. The van der Waals surface area contributed by atoms with E-state index in [1.807, 2.05) is 24.3 Å². The number of fused-ring (bicyclic) bond motifs is 3. The summed E-state index contributed by atoms with van der Waals surface area (Å²) in [6, 6.07) is 9.65. The number of allylic oxidation sites excluding steroid dienone is 1. The summed E-state index contributed by atoms with van der Waals surface area (Å²) in [5.74, 6) is -0.0381. The van der Waals surface area contributed by atoms with Crippen molar-refractivity contribution in [1.29, 1.82) is 5.26 Å². The van der Waals surface area contributed by atoms with E-state index in [0.29, 0.717) is 5.56 Å². The molecular formula is C21H23NO2. The van der Waals surface area contributed by atoms with Gasteiger partial charge in [0.25, 0.3) is 0 Å². The van der Waals surface area contributed by atoms with Crippen LogP contribution >= 0.6 is 0 Å². The highest BCUT2D eigenvalue weighted by Crippen LogP contribution is 2.65. The zero-order chi connectivity index (χ0) is 17.1. The number of esters is 1. The van der Waals surface area contributed by atoms with E-state index in [1.54, 1.807) is 0 Å². The van der Waals surface area contributed by atoms with Crippen molar-refractivity contribution in [3.8, 4) is 6.07 Å². The van der Waals surface area contributed by atoms with Crippen LogP contribution in [0, 0.1) is 34.0 Å². The zero-order valence-corrected chi connectivity index (χ0v) is 14.5. The highest BCUT2D eigenvalue weighted by atomic mass is 16.6. The van der Waals surface area contributed by atoms with Gasteiger partial charge in [0.15, 0.2) is 0 Å². The van der Waals surface area contributed by atoms with Crippen LogP contribution in [-0.2, 0) is 9.53 Å². The molecule has 4 rings (SSSR count). The Kier molecular flexibility index (Phi) is 3.19. The number of ether oxygens (including phenoxy) is 1. The van der Waals surface area contributed by atoms with Crippen molar-refractivity contribution in [3.63, 3.8) is 0 Å². The minimum atomic E-state index is -0.206. The monoisotopic (exact) mass is 321 g/mol. The van der Waals surface area contributed by atoms with Crippen LogP contribution in [-0.4, -0.2) is 5.97 Å². The molecule has 3 aliphatic rings. The van der Waals surface area contributed by atoms with Gasteiger partial charge in [0.05, 0.1) is 17.6 Å². The molecule has 0 amide bonds. The Bertz CT molecular complexity index is 768. The second-order valence-corrected chi connectivity index (χ2v) is 8.38. The molecular weight excluding hydrogens is 298 g/mol. The molecule has 3 nitrogen and oxygen atoms in total. The van der Waals surface area contributed by atoms with Gasteiger partial charge in [-0.2, -0.15) is 5.26 Å². The molecule has 2 fully saturated rings. The number of hydrogen-bond donors (Lipinski definition) is 0. The van der Waals surface area contributed by atoms with Crippen LogP contribution in [0.2, 0.25) is 0 Å². The molecule has 1 saturated heterocycles. The van der Waals surface area contributed by atoms with Crippen LogP contribution in [0.5, 0.6) is 0 Å². The van der Waals surface area contributed by atoms with E-state index in [0.717, 1.165) is 12.0 Å². The first kappa shape index (κ1) is 15.4. The van der Waals surface area contributed by atoms with E-state index in [1.165, 1.54) is 18.4 Å². The molecule has 4 atom stereocenters. The van der Waals surface area contributed by atoms with Crippen LogP contribution in [0.25, 0.3) is 0 Å². The molecule has 0 radical (unpaired) electrons. The maximum atomic E-state index is 12.5. The Morgan fingerprint density at radius 1 is 1.17 bits per heavy atom. The summed E-state index contributed by atoms with van der Waals surface area (Å²) in [4.78, 5) is 12.5. The standard InChI is InChI=1S/C21H23NO2/c1-20(2)9-4-10-21(3)16(20)11-15-17(21)18(24-19(15)23)14-7-5-13(12-22)6-8-14/h5-8,11,15,17-18H,4,9-10H2,1-3H3/t15-,17+,18-,21+/m1/s1. The normalized spacial score (nSPS) is 36.3. The van der Waals surface area contributed by atoms with Gasteiger partial charge >= 0.3 is 5.97 Å². The molecule has 2 aliphatic carbocycles. The Morgan fingerprint density at radius 3 is 2.54 bits per heavy atom. The number of cyclic esters (lactones) is 1. The van der Waals surface area contributed by atoms with Crippen LogP contribution in [0.15, 0.2) is 35.9 Å². The average molecular weight is 321 g/mol. The van der Waals surface area contributed by atoms with Gasteiger partial charge in [-0.3, -0.25) is 4.79 Å². The lowest BCUT2D eigenvalue weighted by Gasteiger charge is -2.47. The predicted octanol–water partition coefficient (Wildman–Crippen LogP) is 4.54. The summed E-state index contributed by atoms with van der Waals surface area (Å²) < 4.78 is 5.80. The first-order chi connectivity index (χ1) is 11.4. The zero-order valence-electron chi connectivity index (χ0n) is 14.5. The molecule has 3 heteroatoms. The van der Waals surface area contributed by atoms with Crippen LogP contribution < -0.4 is 0 Å². The number of rotatable bonds is 1. The molecule has 1 saturated carbocycles. The van der Waals surface area contributed by atoms with Gasteiger partial charge in [0, 0.05) is 5.92 Å². The lowest BCUT2D eigenvalue weighted by Crippen LogP contribution is -2.38. The van der Waals surface area contributed by atoms with E-state index < -0.39 is 0 Å². The summed E-state index contributed by atoms with van der Waals surface area (Å²) in [5, 5.41) is 9.00. The number of benzene rings is 1. The van der Waals surface area contributed by atoms with E-state index in [4.69, 9.17) is 10.00 Å². The fourth-order valence-electron chi connectivity index (χ4n) is 5.42. The van der Waals surface area contributed by atoms with Crippen LogP contribution in [0.4, 0.5) is 0 Å². The van der Waals surface area contributed by atoms with Crippen molar-refractivity contribution in [2.75, 3.05) is 0 Å². The SMILES string of the molecule is CC1(C)CCC[C@@]2(C)C1=C[C@H]1C(=O)O[C@H](c3ccc(C#N)cc3)[C@H]12. The Balaban J connectivity index is 1.76. The second-order valence-electron chi connectivity index (χ2n) is 8.38. The van der Waals surface area contributed by atoms with E-state index in [2.05, 4.69) is 32.9 Å². The molecule has 24 heavy (non-hydrogen) atoms. The van der Waals surface area contributed by atoms with Crippen LogP contribution in [0.1, 0.15) is 57.3 Å². The average Bonchev–Trinajstić information content (AvgIpc) is 3.04. The van der Waals surface area contributed by atoms with Gasteiger partial charge in [0.1, 0.15) is 6.10 Å². The summed E-state index contributed by atoms with van der Waals surface area (Å²) in [6.45, 7) is 6.93. The van der Waals surface area contributed by atoms with Gasteiger partial charge in [-0.25, -0.2) is 0 Å². The lowest BCUT2D eigenvalue weighted by atomic mass is 9.57. The topological polar surface area (TPSA) is 50.1 Å². The van der Waals surface area contributed by atoms with Gasteiger partial charge in [0.2, 0.25) is 0 Å². The third kappa shape index (κ3) is 1.99. The molecule has 0 aromatic heterocycles. The van der Waals surface area contributed by atoms with E-state index in [9.17, 15) is 4.79 Å². The predicted molar refractivity (Wildman–Crippen MR) is 90.8 cm³/mol. The third-order valence-corrected chi connectivity index (χ3v) is 6.52. The maximum absolute atomic E-state index is 12.5. The molecule has 0 unspecified atom stereocenters. The van der Waals surface area contributed by atoms with Gasteiger partial charge in [-0.05, 0) is 41.4 Å². The van der Waals surface area contributed by atoms with Crippen molar-refractivity contribution in [2.24, 2.45) is 22.7 Å². The minimum absolute atomic E-state index is 0.0249. The van der Waals surface area contributed by atoms with Gasteiger partial charge in [-0.1, -0.05) is 51.0 Å². The van der Waals surface area contributed by atoms with Crippen molar-refractivity contribution in [3.05, 3.63) is 47.0 Å². The molecule has 1 aliphatic heterocycles. The fraction of sp³-hybridized carbons (Fsp3) is 0.524.